The number of hydrogen-bond acceptors (Lipinski definition) is 1. The Hall–Kier alpha value is -0.0100. The van der Waals surface area contributed by atoms with Gasteiger partial charge in [0.05, 0.1) is 0 Å². The largest absolute Gasteiger partial charge is 0.327 e. The molecule has 2 N–H and O–H groups in total. The Bertz CT molecular complexity index is 110. The van der Waals surface area contributed by atoms with Crippen LogP contribution in [0.2, 0.25) is 0 Å². The van der Waals surface area contributed by atoms with Crippen LogP contribution in [0.3, 0.4) is 0 Å². The molecule has 1 saturated carbocycles. The minimum Gasteiger partial charge on any atom is -0.327 e. The van der Waals surface area contributed by atoms with Gasteiger partial charge >= 0.3 is 0 Å². The molecule has 66 valence electrons. The van der Waals surface area contributed by atoms with Crippen molar-refractivity contribution in [2.24, 2.45) is 11.7 Å². The van der Waals surface area contributed by atoms with Crippen LogP contribution in [-0.4, -0.2) is 6.04 Å². The lowest BCUT2D eigenvalue weighted by Gasteiger charge is -2.07. The van der Waals surface area contributed by atoms with Crippen molar-refractivity contribution >= 4 is 12.4 Å². The molecular weight excluding hydrogens is 158 g/mol. The average molecular weight is 176 g/mol. The van der Waals surface area contributed by atoms with Gasteiger partial charge in [-0.1, -0.05) is 6.08 Å². The molecule has 1 aliphatic rings. The Morgan fingerprint density at radius 1 is 1.55 bits per heavy atom. The highest BCUT2D eigenvalue weighted by Crippen LogP contribution is 2.33. The van der Waals surface area contributed by atoms with Crippen LogP contribution >= 0.6 is 12.4 Å². The maximum absolute atomic E-state index is 5.89. The molecule has 0 aromatic heterocycles. The summed E-state index contributed by atoms with van der Waals surface area (Å²) in [5.41, 5.74) is 5.89. The summed E-state index contributed by atoms with van der Waals surface area (Å²) in [5.74, 6) is 0.866. The number of nitrogens with two attached hydrogens (primary N) is 1. The smallest absolute Gasteiger partial charge is 0.00672 e. The van der Waals surface area contributed by atoms with Gasteiger partial charge in [-0.15, -0.1) is 19.0 Å². The van der Waals surface area contributed by atoms with Crippen molar-refractivity contribution in [3.8, 4) is 0 Å². The fraction of sp³-hybridized carbons (Fsp3) is 0.778. The van der Waals surface area contributed by atoms with Crippen LogP contribution in [0.15, 0.2) is 12.7 Å². The van der Waals surface area contributed by atoms with Gasteiger partial charge in [0, 0.05) is 6.04 Å². The highest BCUT2D eigenvalue weighted by atomic mass is 35.5. The minimum absolute atomic E-state index is 0. The van der Waals surface area contributed by atoms with E-state index in [1.165, 1.54) is 25.7 Å². The first-order chi connectivity index (χ1) is 4.84. The van der Waals surface area contributed by atoms with Gasteiger partial charge in [0.1, 0.15) is 0 Å². The summed E-state index contributed by atoms with van der Waals surface area (Å²) in [6, 6.07) is 0.486. The zero-order valence-corrected chi connectivity index (χ0v) is 7.78. The second-order valence-electron chi connectivity index (χ2n) is 3.22. The topological polar surface area (TPSA) is 26.0 Å². The fourth-order valence-corrected chi connectivity index (χ4v) is 1.26. The summed E-state index contributed by atoms with van der Waals surface area (Å²) in [6.07, 6.45) is 8.25. The van der Waals surface area contributed by atoms with E-state index in [-0.39, 0.29) is 12.4 Å². The lowest BCUT2D eigenvalue weighted by atomic mass is 10.1. The Kier molecular flexibility index (Phi) is 5.61. The van der Waals surface area contributed by atoms with Crippen LogP contribution in [0.25, 0.3) is 0 Å². The molecule has 0 radical (unpaired) electrons. The van der Waals surface area contributed by atoms with E-state index < -0.39 is 0 Å². The molecule has 1 unspecified atom stereocenters. The Morgan fingerprint density at radius 3 is 2.64 bits per heavy atom. The van der Waals surface area contributed by atoms with Gasteiger partial charge < -0.3 is 5.73 Å². The first-order valence-corrected chi connectivity index (χ1v) is 4.21. The third-order valence-corrected chi connectivity index (χ3v) is 2.17. The molecule has 0 amide bonds. The molecular formula is C9H18ClN. The van der Waals surface area contributed by atoms with E-state index in [0.29, 0.717) is 6.04 Å². The molecule has 1 nitrogen and oxygen atoms in total. The SMILES string of the molecule is C=CCCCC(N)C1CC1.Cl. The van der Waals surface area contributed by atoms with E-state index in [2.05, 4.69) is 6.58 Å². The molecule has 1 rings (SSSR count). The lowest BCUT2D eigenvalue weighted by Crippen LogP contribution is -2.21. The summed E-state index contributed by atoms with van der Waals surface area (Å²) in [6.45, 7) is 3.68. The van der Waals surface area contributed by atoms with E-state index in [1.54, 1.807) is 0 Å². The molecule has 1 atom stereocenters. The zero-order valence-electron chi connectivity index (χ0n) is 6.96. The van der Waals surface area contributed by atoms with E-state index in [9.17, 15) is 0 Å². The summed E-state index contributed by atoms with van der Waals surface area (Å²) in [7, 11) is 0. The summed E-state index contributed by atoms with van der Waals surface area (Å²) >= 11 is 0. The molecule has 0 bridgehead atoms. The molecule has 0 aromatic carbocycles. The van der Waals surface area contributed by atoms with Gasteiger partial charge in [-0.25, -0.2) is 0 Å². The van der Waals surface area contributed by atoms with Crippen LogP contribution in [-0.2, 0) is 0 Å². The lowest BCUT2D eigenvalue weighted by molar-refractivity contribution is 0.531. The second kappa shape index (κ2) is 5.62. The van der Waals surface area contributed by atoms with E-state index in [1.807, 2.05) is 6.08 Å². The van der Waals surface area contributed by atoms with E-state index >= 15 is 0 Å². The summed E-state index contributed by atoms with van der Waals surface area (Å²) in [4.78, 5) is 0. The molecule has 1 aliphatic carbocycles. The summed E-state index contributed by atoms with van der Waals surface area (Å²) < 4.78 is 0. The Balaban J connectivity index is 0.000001000. The Labute approximate surface area is 75.5 Å². The molecule has 1 fully saturated rings. The molecule has 2 heteroatoms. The first-order valence-electron chi connectivity index (χ1n) is 4.21. The highest BCUT2D eigenvalue weighted by Gasteiger charge is 2.27. The summed E-state index contributed by atoms with van der Waals surface area (Å²) in [5, 5.41) is 0. The van der Waals surface area contributed by atoms with Gasteiger partial charge in [0.25, 0.3) is 0 Å². The second-order valence-corrected chi connectivity index (χ2v) is 3.22. The quantitative estimate of drug-likeness (QED) is 0.505. The Morgan fingerprint density at radius 2 is 2.18 bits per heavy atom. The molecule has 0 spiro atoms. The standard InChI is InChI=1S/C9H17N.ClH/c1-2-3-4-5-9(10)8-6-7-8;/h2,8-9H,1,3-7,10H2;1H. The number of unbranched alkanes of at least 4 members (excludes halogenated alkanes) is 1. The molecule has 0 heterocycles. The van der Waals surface area contributed by atoms with Crippen molar-refractivity contribution in [2.75, 3.05) is 0 Å². The normalized spacial score (nSPS) is 18.6. The predicted molar refractivity (Wildman–Crippen MR) is 52.0 cm³/mol. The van der Waals surface area contributed by atoms with E-state index in [0.717, 1.165) is 12.3 Å². The monoisotopic (exact) mass is 175 g/mol. The van der Waals surface area contributed by atoms with Gasteiger partial charge in [0.2, 0.25) is 0 Å². The van der Waals surface area contributed by atoms with Crippen LogP contribution in [0.1, 0.15) is 32.1 Å². The first kappa shape index (κ1) is 11.0. The van der Waals surface area contributed by atoms with Crippen molar-refractivity contribution in [1.29, 1.82) is 0 Å². The highest BCUT2D eigenvalue weighted by molar-refractivity contribution is 5.85. The van der Waals surface area contributed by atoms with Crippen molar-refractivity contribution < 1.29 is 0 Å². The molecule has 0 saturated heterocycles. The maximum atomic E-state index is 5.89. The van der Waals surface area contributed by atoms with Gasteiger partial charge in [-0.05, 0) is 38.0 Å². The van der Waals surface area contributed by atoms with Gasteiger partial charge in [-0.2, -0.15) is 0 Å². The molecule has 0 aliphatic heterocycles. The van der Waals surface area contributed by atoms with Crippen molar-refractivity contribution in [3.05, 3.63) is 12.7 Å². The fourth-order valence-electron chi connectivity index (χ4n) is 1.26. The number of allylic oxidation sites excluding steroid dienone is 1. The van der Waals surface area contributed by atoms with Crippen LogP contribution in [0, 0.1) is 5.92 Å². The van der Waals surface area contributed by atoms with Gasteiger partial charge in [-0.3, -0.25) is 0 Å². The third-order valence-electron chi connectivity index (χ3n) is 2.17. The maximum Gasteiger partial charge on any atom is 0.00672 e. The molecule has 11 heavy (non-hydrogen) atoms. The average Bonchev–Trinajstić information content (AvgIpc) is 2.69. The van der Waals surface area contributed by atoms with Crippen molar-refractivity contribution in [1.82, 2.24) is 0 Å². The number of hydrogen-bond donors (Lipinski definition) is 1. The number of rotatable bonds is 5. The molecule has 0 aromatic rings. The number of halogens is 1. The predicted octanol–water partition coefficient (Wildman–Crippen LogP) is 2.50. The van der Waals surface area contributed by atoms with E-state index in [4.69, 9.17) is 5.73 Å². The van der Waals surface area contributed by atoms with Gasteiger partial charge in [0.15, 0.2) is 0 Å². The van der Waals surface area contributed by atoms with Crippen LogP contribution in [0.5, 0.6) is 0 Å². The van der Waals surface area contributed by atoms with Crippen molar-refractivity contribution in [3.63, 3.8) is 0 Å². The van der Waals surface area contributed by atoms with Crippen molar-refractivity contribution in [2.45, 2.75) is 38.1 Å². The zero-order chi connectivity index (χ0) is 7.40. The van der Waals surface area contributed by atoms with Crippen LogP contribution < -0.4 is 5.73 Å². The minimum atomic E-state index is 0. The van der Waals surface area contributed by atoms with Crippen LogP contribution in [0.4, 0.5) is 0 Å². The third kappa shape index (κ3) is 4.44.